The highest BCUT2D eigenvalue weighted by atomic mass is 35.5. The van der Waals surface area contributed by atoms with Crippen LogP contribution in [0.15, 0.2) is 66.7 Å². The number of amides is 2. The van der Waals surface area contributed by atoms with Crippen molar-refractivity contribution in [2.45, 2.75) is 25.7 Å². The van der Waals surface area contributed by atoms with Crippen molar-refractivity contribution >= 4 is 46.4 Å². The van der Waals surface area contributed by atoms with E-state index in [-0.39, 0.29) is 16.8 Å². The van der Waals surface area contributed by atoms with Gasteiger partial charge in [-0.1, -0.05) is 53.5 Å². The monoisotopic (exact) mass is 495 g/mol. The molecule has 0 saturated carbocycles. The van der Waals surface area contributed by atoms with Crippen molar-refractivity contribution in [2.75, 3.05) is 29.9 Å². The first kappa shape index (κ1) is 24.1. The van der Waals surface area contributed by atoms with Crippen LogP contribution in [0.3, 0.4) is 0 Å². The summed E-state index contributed by atoms with van der Waals surface area (Å²) in [5.41, 5.74) is 3.46. The van der Waals surface area contributed by atoms with Gasteiger partial charge in [0.2, 0.25) is 0 Å². The van der Waals surface area contributed by atoms with Crippen molar-refractivity contribution in [2.24, 2.45) is 0 Å². The fourth-order valence-electron chi connectivity index (χ4n) is 4.14. The quantitative estimate of drug-likeness (QED) is 0.409. The molecule has 0 bridgehead atoms. The Kier molecular flexibility index (Phi) is 8.09. The number of piperidine rings is 1. The van der Waals surface area contributed by atoms with E-state index in [1.54, 1.807) is 18.2 Å². The average molecular weight is 496 g/mol. The molecule has 1 heterocycles. The largest absolute Gasteiger partial charge is 0.371 e. The van der Waals surface area contributed by atoms with Gasteiger partial charge in [-0.15, -0.1) is 0 Å². The number of rotatable bonds is 7. The third-order valence-electron chi connectivity index (χ3n) is 5.91. The topological polar surface area (TPSA) is 61.4 Å². The molecular weight excluding hydrogens is 469 g/mol. The summed E-state index contributed by atoms with van der Waals surface area (Å²) in [7, 11) is 0. The minimum absolute atomic E-state index is 0.155. The molecule has 2 N–H and O–H groups in total. The summed E-state index contributed by atoms with van der Waals surface area (Å²) in [6, 6.07) is 20.3. The van der Waals surface area contributed by atoms with Crippen molar-refractivity contribution < 1.29 is 9.59 Å². The first-order valence-electron chi connectivity index (χ1n) is 11.5. The van der Waals surface area contributed by atoms with Gasteiger partial charge in [0.15, 0.2) is 0 Å². The van der Waals surface area contributed by atoms with Gasteiger partial charge in [0, 0.05) is 36.0 Å². The maximum atomic E-state index is 13.2. The third kappa shape index (κ3) is 6.10. The van der Waals surface area contributed by atoms with E-state index in [2.05, 4.69) is 15.5 Å². The molecule has 1 aliphatic heterocycles. The van der Waals surface area contributed by atoms with Crippen LogP contribution in [0.2, 0.25) is 10.0 Å². The normalized spacial score (nSPS) is 13.4. The number of carbonyl (C=O) groups excluding carboxylic acids is 2. The standard InChI is InChI=1S/C27H27Cl2N3O2/c28-20-9-11-22(24(29)17-20)27(34)31-21-10-12-25(32-15-5-2-6-16-32)23(18-21)26(33)30-14-13-19-7-3-1-4-8-19/h1,3-4,7-12,17-18H,2,5-6,13-16H2,(H,30,33)(H,31,34). The predicted molar refractivity (Wildman–Crippen MR) is 139 cm³/mol. The molecule has 0 radical (unpaired) electrons. The molecule has 0 aromatic heterocycles. The van der Waals surface area contributed by atoms with E-state index in [9.17, 15) is 9.59 Å². The molecule has 1 fully saturated rings. The van der Waals surface area contributed by atoms with E-state index < -0.39 is 0 Å². The van der Waals surface area contributed by atoms with Gasteiger partial charge in [0.1, 0.15) is 0 Å². The molecular formula is C27H27Cl2N3O2. The molecule has 1 saturated heterocycles. The van der Waals surface area contributed by atoms with E-state index in [1.807, 2.05) is 42.5 Å². The van der Waals surface area contributed by atoms with Crippen molar-refractivity contribution in [1.82, 2.24) is 5.32 Å². The Morgan fingerprint density at radius 1 is 0.824 bits per heavy atom. The lowest BCUT2D eigenvalue weighted by Gasteiger charge is -2.30. The van der Waals surface area contributed by atoms with E-state index in [0.717, 1.165) is 38.0 Å². The Morgan fingerprint density at radius 3 is 2.32 bits per heavy atom. The number of nitrogens with one attached hydrogen (secondary N) is 2. The number of benzene rings is 3. The lowest BCUT2D eigenvalue weighted by molar-refractivity contribution is 0.0953. The van der Waals surface area contributed by atoms with Crippen LogP contribution in [0, 0.1) is 0 Å². The van der Waals surface area contributed by atoms with Crippen LogP contribution >= 0.6 is 23.2 Å². The second-order valence-electron chi connectivity index (χ2n) is 8.35. The molecule has 34 heavy (non-hydrogen) atoms. The minimum atomic E-state index is -0.358. The van der Waals surface area contributed by atoms with Crippen molar-refractivity contribution in [3.63, 3.8) is 0 Å². The first-order valence-corrected chi connectivity index (χ1v) is 12.2. The van der Waals surface area contributed by atoms with Crippen molar-refractivity contribution in [3.8, 4) is 0 Å². The van der Waals surface area contributed by atoms with Crippen LogP contribution < -0.4 is 15.5 Å². The summed E-state index contributed by atoms with van der Waals surface area (Å²) in [5, 5.41) is 6.63. The van der Waals surface area contributed by atoms with E-state index in [4.69, 9.17) is 23.2 Å². The minimum Gasteiger partial charge on any atom is -0.371 e. The summed E-state index contributed by atoms with van der Waals surface area (Å²) in [5.74, 6) is -0.514. The lowest BCUT2D eigenvalue weighted by Crippen LogP contribution is -2.33. The van der Waals surface area contributed by atoms with Gasteiger partial charge in [-0.2, -0.15) is 0 Å². The highest BCUT2D eigenvalue weighted by molar-refractivity contribution is 6.37. The van der Waals surface area contributed by atoms with Gasteiger partial charge >= 0.3 is 0 Å². The number of halogens is 2. The predicted octanol–water partition coefficient (Wildman–Crippen LogP) is 6.21. The highest BCUT2D eigenvalue weighted by Crippen LogP contribution is 2.28. The molecule has 3 aromatic carbocycles. The van der Waals surface area contributed by atoms with Gasteiger partial charge in [0.05, 0.1) is 16.1 Å². The van der Waals surface area contributed by atoms with Gasteiger partial charge in [-0.3, -0.25) is 9.59 Å². The number of nitrogens with zero attached hydrogens (tertiary/aromatic N) is 1. The van der Waals surface area contributed by atoms with Gasteiger partial charge < -0.3 is 15.5 Å². The molecule has 3 aromatic rings. The summed E-state index contributed by atoms with van der Waals surface area (Å²) >= 11 is 12.1. The van der Waals surface area contributed by atoms with Gasteiger partial charge in [-0.25, -0.2) is 0 Å². The Morgan fingerprint density at radius 2 is 1.59 bits per heavy atom. The molecule has 2 amide bonds. The van der Waals surface area contributed by atoms with Crippen LogP contribution in [0.25, 0.3) is 0 Å². The zero-order valence-electron chi connectivity index (χ0n) is 18.8. The number of carbonyl (C=O) groups is 2. The Hall–Kier alpha value is -3.02. The van der Waals surface area contributed by atoms with Crippen molar-refractivity contribution in [3.05, 3.63) is 93.5 Å². The second kappa shape index (κ2) is 11.4. The van der Waals surface area contributed by atoms with Crippen LogP contribution in [-0.2, 0) is 6.42 Å². The molecule has 0 atom stereocenters. The number of anilines is 2. The van der Waals surface area contributed by atoms with E-state index in [1.165, 1.54) is 18.1 Å². The molecule has 0 spiro atoms. The Balaban J connectivity index is 1.53. The lowest BCUT2D eigenvalue weighted by atomic mass is 10.1. The molecule has 0 unspecified atom stereocenters. The fraction of sp³-hybridized carbons (Fsp3) is 0.259. The SMILES string of the molecule is O=C(Nc1ccc(N2CCCCC2)c(C(=O)NCCc2ccccc2)c1)c1ccc(Cl)cc1Cl. The Labute approximate surface area is 210 Å². The molecule has 0 aliphatic carbocycles. The molecule has 1 aliphatic rings. The van der Waals surface area contributed by atoms with Crippen LogP contribution in [-0.4, -0.2) is 31.4 Å². The number of hydrogen-bond donors (Lipinski definition) is 2. The van der Waals surface area contributed by atoms with Crippen LogP contribution in [0.4, 0.5) is 11.4 Å². The summed E-state index contributed by atoms with van der Waals surface area (Å²) in [6.45, 7) is 2.35. The van der Waals surface area contributed by atoms with E-state index >= 15 is 0 Å². The van der Waals surface area contributed by atoms with Crippen LogP contribution in [0.1, 0.15) is 45.5 Å². The first-order chi connectivity index (χ1) is 16.5. The molecule has 7 heteroatoms. The second-order valence-corrected chi connectivity index (χ2v) is 9.19. The zero-order valence-corrected chi connectivity index (χ0v) is 20.3. The summed E-state index contributed by atoms with van der Waals surface area (Å²) in [6.07, 6.45) is 4.15. The van der Waals surface area contributed by atoms with Crippen LogP contribution in [0.5, 0.6) is 0 Å². The summed E-state index contributed by atoms with van der Waals surface area (Å²) in [4.78, 5) is 28.3. The third-order valence-corrected chi connectivity index (χ3v) is 6.46. The molecule has 176 valence electrons. The fourth-order valence-corrected chi connectivity index (χ4v) is 4.63. The van der Waals surface area contributed by atoms with Crippen molar-refractivity contribution in [1.29, 1.82) is 0 Å². The average Bonchev–Trinajstić information content (AvgIpc) is 2.85. The maximum absolute atomic E-state index is 13.2. The summed E-state index contributed by atoms with van der Waals surface area (Å²) < 4.78 is 0. The smallest absolute Gasteiger partial charge is 0.257 e. The zero-order chi connectivity index (χ0) is 23.9. The Bertz CT molecular complexity index is 1160. The van der Waals surface area contributed by atoms with Gasteiger partial charge in [-0.05, 0) is 67.6 Å². The maximum Gasteiger partial charge on any atom is 0.257 e. The highest BCUT2D eigenvalue weighted by Gasteiger charge is 2.20. The number of hydrogen-bond acceptors (Lipinski definition) is 3. The molecule has 5 nitrogen and oxygen atoms in total. The molecule has 4 rings (SSSR count). The van der Waals surface area contributed by atoms with Gasteiger partial charge in [0.25, 0.3) is 11.8 Å². The van der Waals surface area contributed by atoms with E-state index in [0.29, 0.717) is 28.4 Å².